The summed E-state index contributed by atoms with van der Waals surface area (Å²) in [4.78, 5) is 26.8. The molecule has 21 heavy (non-hydrogen) atoms. The molecule has 122 valence electrons. The number of hydrogen-bond acceptors (Lipinski definition) is 4. The second kappa shape index (κ2) is 8.19. The largest absolute Gasteiger partial charge is 0.481 e. The monoisotopic (exact) mass is 300 g/mol. The minimum Gasteiger partial charge on any atom is -0.481 e. The smallest absolute Gasteiger partial charge is 0.317 e. The lowest BCUT2D eigenvalue weighted by molar-refractivity contribution is -0.137. The van der Waals surface area contributed by atoms with Crippen molar-refractivity contribution in [2.75, 3.05) is 45.8 Å². The Bertz CT molecular complexity index is 349. The molecule has 0 aromatic carbocycles. The second-order valence-corrected chi connectivity index (χ2v) is 6.29. The number of nitrogens with zero attached hydrogens (tertiary/aromatic N) is 2. The van der Waals surface area contributed by atoms with Crippen LogP contribution in [0.25, 0.3) is 0 Å². The Balaban J connectivity index is 2.38. The van der Waals surface area contributed by atoms with Crippen LogP contribution in [0.5, 0.6) is 0 Å². The van der Waals surface area contributed by atoms with E-state index in [1.165, 1.54) is 0 Å². The summed E-state index contributed by atoms with van der Waals surface area (Å²) in [5.41, 5.74) is -0.394. The van der Waals surface area contributed by atoms with Crippen LogP contribution < -0.4 is 10.6 Å². The molecule has 0 spiro atoms. The summed E-state index contributed by atoms with van der Waals surface area (Å²) >= 11 is 0. The molecule has 0 aromatic rings. The number of aliphatic carboxylic acids is 1. The average molecular weight is 300 g/mol. The van der Waals surface area contributed by atoms with E-state index < -0.39 is 11.5 Å². The average Bonchev–Trinajstić information content (AvgIpc) is 2.38. The molecule has 0 atom stereocenters. The van der Waals surface area contributed by atoms with Crippen LogP contribution in [-0.4, -0.2) is 78.3 Å². The number of carbonyl (C=O) groups excluding carboxylic acids is 1. The van der Waals surface area contributed by atoms with Crippen molar-refractivity contribution in [1.29, 1.82) is 0 Å². The van der Waals surface area contributed by atoms with Gasteiger partial charge in [0.1, 0.15) is 0 Å². The van der Waals surface area contributed by atoms with Gasteiger partial charge in [-0.3, -0.25) is 9.69 Å². The van der Waals surface area contributed by atoms with Crippen LogP contribution in [0.2, 0.25) is 0 Å². The maximum Gasteiger partial charge on any atom is 0.317 e. The van der Waals surface area contributed by atoms with Gasteiger partial charge in [-0.2, -0.15) is 0 Å². The Morgan fingerprint density at radius 1 is 1.29 bits per heavy atom. The third kappa shape index (κ3) is 6.77. The molecule has 1 aliphatic heterocycles. The van der Waals surface area contributed by atoms with Gasteiger partial charge in [0.15, 0.2) is 0 Å². The van der Waals surface area contributed by atoms with Crippen molar-refractivity contribution in [3.8, 4) is 0 Å². The summed E-state index contributed by atoms with van der Waals surface area (Å²) in [5, 5.41) is 15.0. The van der Waals surface area contributed by atoms with Crippen molar-refractivity contribution in [3.63, 3.8) is 0 Å². The zero-order chi connectivity index (χ0) is 15.9. The van der Waals surface area contributed by atoms with Gasteiger partial charge < -0.3 is 20.6 Å². The highest BCUT2D eigenvalue weighted by Crippen LogP contribution is 2.13. The third-order valence-electron chi connectivity index (χ3n) is 3.52. The summed E-state index contributed by atoms with van der Waals surface area (Å²) < 4.78 is 0. The first-order valence-electron chi connectivity index (χ1n) is 7.51. The SMILES string of the molecule is CC(C)(C)N(CCC(=O)O)C(=O)NCCN1CCNCC1. The van der Waals surface area contributed by atoms with E-state index in [9.17, 15) is 9.59 Å². The molecule has 1 rings (SSSR count). The zero-order valence-electron chi connectivity index (χ0n) is 13.3. The van der Waals surface area contributed by atoms with Crippen molar-refractivity contribution in [3.05, 3.63) is 0 Å². The fourth-order valence-corrected chi connectivity index (χ4v) is 2.30. The Labute approximate surface area is 126 Å². The Morgan fingerprint density at radius 2 is 1.90 bits per heavy atom. The van der Waals surface area contributed by atoms with E-state index in [2.05, 4.69) is 15.5 Å². The molecular weight excluding hydrogens is 272 g/mol. The summed E-state index contributed by atoms with van der Waals surface area (Å²) in [6.07, 6.45) is -0.0392. The van der Waals surface area contributed by atoms with E-state index in [0.29, 0.717) is 6.54 Å². The molecule has 0 aromatic heterocycles. The van der Waals surface area contributed by atoms with E-state index in [0.717, 1.165) is 32.7 Å². The van der Waals surface area contributed by atoms with Crippen LogP contribution in [0, 0.1) is 0 Å². The Hall–Kier alpha value is -1.34. The summed E-state index contributed by atoms with van der Waals surface area (Å²) in [6.45, 7) is 11.3. The molecule has 0 bridgehead atoms. The molecule has 0 radical (unpaired) electrons. The Morgan fingerprint density at radius 3 is 2.43 bits per heavy atom. The van der Waals surface area contributed by atoms with Crippen molar-refractivity contribution in [2.24, 2.45) is 0 Å². The first-order valence-corrected chi connectivity index (χ1v) is 7.51. The van der Waals surface area contributed by atoms with Gasteiger partial charge >= 0.3 is 12.0 Å². The highest BCUT2D eigenvalue weighted by Gasteiger charge is 2.26. The van der Waals surface area contributed by atoms with E-state index in [4.69, 9.17) is 5.11 Å². The van der Waals surface area contributed by atoms with E-state index >= 15 is 0 Å². The number of piperazine rings is 1. The molecule has 7 nitrogen and oxygen atoms in total. The van der Waals surface area contributed by atoms with Crippen LogP contribution in [0.3, 0.4) is 0 Å². The van der Waals surface area contributed by atoms with Crippen molar-refractivity contribution in [2.45, 2.75) is 32.7 Å². The fraction of sp³-hybridized carbons (Fsp3) is 0.857. The van der Waals surface area contributed by atoms with Gasteiger partial charge in [0.05, 0.1) is 6.42 Å². The second-order valence-electron chi connectivity index (χ2n) is 6.29. The van der Waals surface area contributed by atoms with Gasteiger partial charge in [0.25, 0.3) is 0 Å². The normalized spacial score (nSPS) is 16.5. The van der Waals surface area contributed by atoms with Crippen molar-refractivity contribution in [1.82, 2.24) is 20.4 Å². The maximum atomic E-state index is 12.2. The molecule has 0 unspecified atom stereocenters. The molecular formula is C14H28N4O3. The van der Waals surface area contributed by atoms with Crippen LogP contribution in [0.4, 0.5) is 4.79 Å². The maximum absolute atomic E-state index is 12.2. The molecule has 0 saturated carbocycles. The minimum atomic E-state index is -0.891. The van der Waals surface area contributed by atoms with E-state index in [-0.39, 0.29) is 19.0 Å². The van der Waals surface area contributed by atoms with E-state index in [1.807, 2.05) is 20.8 Å². The minimum absolute atomic E-state index is 0.0392. The van der Waals surface area contributed by atoms with Gasteiger partial charge in [0.2, 0.25) is 0 Å². The first-order chi connectivity index (χ1) is 9.80. The number of rotatable bonds is 6. The van der Waals surface area contributed by atoms with Gasteiger partial charge in [-0.1, -0.05) is 0 Å². The van der Waals surface area contributed by atoms with Crippen LogP contribution in [0.15, 0.2) is 0 Å². The summed E-state index contributed by atoms with van der Waals surface area (Å²) in [7, 11) is 0. The van der Waals surface area contributed by atoms with Crippen molar-refractivity contribution >= 4 is 12.0 Å². The lowest BCUT2D eigenvalue weighted by atomic mass is 10.1. The zero-order valence-corrected chi connectivity index (χ0v) is 13.3. The number of hydrogen-bond donors (Lipinski definition) is 3. The van der Waals surface area contributed by atoms with Crippen LogP contribution >= 0.6 is 0 Å². The predicted octanol–water partition coefficient (Wildman–Crippen LogP) is 0.176. The fourth-order valence-electron chi connectivity index (χ4n) is 2.30. The summed E-state index contributed by atoms with van der Waals surface area (Å²) in [5.74, 6) is -0.891. The first kappa shape index (κ1) is 17.7. The molecule has 7 heteroatoms. The third-order valence-corrected chi connectivity index (χ3v) is 3.52. The number of carboxylic acids is 1. The summed E-state index contributed by atoms with van der Waals surface area (Å²) in [6, 6.07) is -0.195. The van der Waals surface area contributed by atoms with Gasteiger partial charge in [-0.25, -0.2) is 4.79 Å². The van der Waals surface area contributed by atoms with Crippen molar-refractivity contribution < 1.29 is 14.7 Å². The molecule has 1 heterocycles. The molecule has 0 aliphatic carbocycles. The quantitative estimate of drug-likeness (QED) is 0.651. The number of amides is 2. The van der Waals surface area contributed by atoms with E-state index in [1.54, 1.807) is 4.90 Å². The van der Waals surface area contributed by atoms with Crippen LogP contribution in [0.1, 0.15) is 27.2 Å². The molecule has 3 N–H and O–H groups in total. The highest BCUT2D eigenvalue weighted by molar-refractivity contribution is 5.76. The number of carboxylic acid groups (broad SMARTS) is 1. The molecule has 2 amide bonds. The Kier molecular flexibility index (Phi) is 6.91. The number of nitrogens with one attached hydrogen (secondary N) is 2. The predicted molar refractivity (Wildman–Crippen MR) is 81.4 cm³/mol. The van der Waals surface area contributed by atoms with Gasteiger partial charge in [0, 0.05) is 51.4 Å². The number of urea groups is 1. The van der Waals surface area contributed by atoms with Gasteiger partial charge in [-0.05, 0) is 20.8 Å². The molecule has 1 aliphatic rings. The number of carbonyl (C=O) groups is 2. The standard InChI is InChI=1S/C14H28N4O3/c1-14(2,3)18(8-4-12(19)20)13(21)16-7-11-17-9-5-15-6-10-17/h15H,4-11H2,1-3H3,(H,16,21)(H,19,20). The topological polar surface area (TPSA) is 84.9 Å². The van der Waals surface area contributed by atoms with Crippen LogP contribution in [-0.2, 0) is 4.79 Å². The molecule has 1 fully saturated rings. The van der Waals surface area contributed by atoms with Gasteiger partial charge in [-0.15, -0.1) is 0 Å². The highest BCUT2D eigenvalue weighted by atomic mass is 16.4. The lowest BCUT2D eigenvalue weighted by Crippen LogP contribution is -2.53. The molecule has 1 saturated heterocycles. The lowest BCUT2D eigenvalue weighted by Gasteiger charge is -2.35.